The van der Waals surface area contributed by atoms with Crippen LogP contribution in [0.15, 0.2) is 18.2 Å². The van der Waals surface area contributed by atoms with Gasteiger partial charge in [-0.05, 0) is 18.2 Å². The van der Waals surface area contributed by atoms with Crippen LogP contribution in [0.5, 0.6) is 0 Å². The van der Waals surface area contributed by atoms with Gasteiger partial charge in [0.05, 0.1) is 17.8 Å². The number of hydrogen-bond donors (Lipinski definition) is 2. The van der Waals surface area contributed by atoms with Crippen molar-refractivity contribution >= 4 is 23.2 Å². The van der Waals surface area contributed by atoms with E-state index in [9.17, 15) is 9.59 Å². The van der Waals surface area contributed by atoms with Crippen molar-refractivity contribution < 1.29 is 9.59 Å². The highest BCUT2D eigenvalue weighted by molar-refractivity contribution is 6.01. The predicted octanol–water partition coefficient (Wildman–Crippen LogP) is -0.0932. The molecule has 1 aliphatic heterocycles. The molecule has 0 bridgehead atoms. The van der Waals surface area contributed by atoms with Crippen LogP contribution in [0.3, 0.4) is 0 Å². The van der Waals surface area contributed by atoms with Crippen LogP contribution in [0.4, 0.5) is 11.4 Å². The standard InChI is InChI=1S/C13H18N4O2/c1-15-13(19)10-4-3-9(14)7-11(10)17-6-5-16(2)12(18)8-17/h3-4,7H,5-6,8,14H2,1-2H3,(H,15,19). The first-order valence-corrected chi connectivity index (χ1v) is 6.13. The Bertz CT molecular complexity index is 515. The van der Waals surface area contributed by atoms with E-state index in [1.165, 1.54) is 0 Å². The highest BCUT2D eigenvalue weighted by Gasteiger charge is 2.24. The zero-order valence-electron chi connectivity index (χ0n) is 11.1. The monoisotopic (exact) mass is 262 g/mol. The summed E-state index contributed by atoms with van der Waals surface area (Å²) in [6, 6.07) is 5.11. The van der Waals surface area contributed by atoms with Gasteiger partial charge in [0.15, 0.2) is 0 Å². The van der Waals surface area contributed by atoms with Gasteiger partial charge < -0.3 is 20.9 Å². The number of likely N-dealkylation sites (N-methyl/N-ethyl adjacent to an activating group) is 1. The number of nitrogens with two attached hydrogens (primary N) is 1. The predicted molar refractivity (Wildman–Crippen MR) is 74.1 cm³/mol. The number of nitrogens with one attached hydrogen (secondary N) is 1. The first-order valence-electron chi connectivity index (χ1n) is 6.13. The second-order valence-electron chi connectivity index (χ2n) is 4.59. The quantitative estimate of drug-likeness (QED) is 0.730. The lowest BCUT2D eigenvalue weighted by atomic mass is 10.1. The van der Waals surface area contributed by atoms with Crippen LogP contribution in [0.25, 0.3) is 0 Å². The maximum absolute atomic E-state index is 11.9. The number of carbonyl (C=O) groups excluding carboxylic acids is 2. The molecule has 2 rings (SSSR count). The number of anilines is 2. The zero-order valence-corrected chi connectivity index (χ0v) is 11.1. The van der Waals surface area contributed by atoms with E-state index >= 15 is 0 Å². The summed E-state index contributed by atoms with van der Waals surface area (Å²) in [7, 11) is 3.36. The molecular weight excluding hydrogens is 244 g/mol. The molecule has 0 aromatic heterocycles. The molecule has 102 valence electrons. The van der Waals surface area contributed by atoms with Gasteiger partial charge in [-0.25, -0.2) is 0 Å². The Morgan fingerprint density at radius 2 is 2.11 bits per heavy atom. The molecule has 6 heteroatoms. The molecule has 1 aromatic carbocycles. The SMILES string of the molecule is CNC(=O)c1ccc(N)cc1N1CCN(C)C(=O)C1. The van der Waals surface area contributed by atoms with Crippen LogP contribution < -0.4 is 16.0 Å². The van der Waals surface area contributed by atoms with E-state index in [-0.39, 0.29) is 18.4 Å². The van der Waals surface area contributed by atoms with E-state index in [2.05, 4.69) is 5.32 Å². The van der Waals surface area contributed by atoms with Gasteiger partial charge in [-0.15, -0.1) is 0 Å². The molecule has 19 heavy (non-hydrogen) atoms. The maximum atomic E-state index is 11.9. The van der Waals surface area contributed by atoms with Gasteiger partial charge in [-0.2, -0.15) is 0 Å². The molecule has 0 radical (unpaired) electrons. The molecule has 0 saturated carbocycles. The molecule has 0 atom stereocenters. The zero-order chi connectivity index (χ0) is 14.0. The lowest BCUT2D eigenvalue weighted by Crippen LogP contribution is -2.49. The average molecular weight is 262 g/mol. The fraction of sp³-hybridized carbons (Fsp3) is 0.385. The molecule has 1 aliphatic rings. The Hall–Kier alpha value is -2.24. The van der Waals surface area contributed by atoms with Crippen molar-refractivity contribution in [3.8, 4) is 0 Å². The third kappa shape index (κ3) is 2.62. The fourth-order valence-electron chi connectivity index (χ4n) is 2.10. The molecule has 3 N–H and O–H groups in total. The minimum absolute atomic E-state index is 0.0385. The third-order valence-corrected chi connectivity index (χ3v) is 3.29. The number of amides is 2. The Kier molecular flexibility index (Phi) is 3.59. The highest BCUT2D eigenvalue weighted by atomic mass is 16.2. The highest BCUT2D eigenvalue weighted by Crippen LogP contribution is 2.25. The van der Waals surface area contributed by atoms with Crippen molar-refractivity contribution in [2.24, 2.45) is 0 Å². The van der Waals surface area contributed by atoms with Crippen LogP contribution in [0.1, 0.15) is 10.4 Å². The summed E-state index contributed by atoms with van der Waals surface area (Å²) < 4.78 is 0. The summed E-state index contributed by atoms with van der Waals surface area (Å²) in [5.41, 5.74) is 7.61. The summed E-state index contributed by atoms with van der Waals surface area (Å²) >= 11 is 0. The number of carbonyl (C=O) groups is 2. The van der Waals surface area contributed by atoms with E-state index in [0.29, 0.717) is 30.0 Å². The number of benzene rings is 1. The number of hydrogen-bond acceptors (Lipinski definition) is 4. The van der Waals surface area contributed by atoms with Crippen molar-refractivity contribution in [1.82, 2.24) is 10.2 Å². The van der Waals surface area contributed by atoms with Crippen LogP contribution in [-0.4, -0.2) is 50.4 Å². The summed E-state index contributed by atoms with van der Waals surface area (Å²) in [6.07, 6.45) is 0. The van der Waals surface area contributed by atoms with Crippen molar-refractivity contribution in [2.45, 2.75) is 0 Å². The van der Waals surface area contributed by atoms with E-state index < -0.39 is 0 Å². The minimum atomic E-state index is -0.179. The maximum Gasteiger partial charge on any atom is 0.253 e. The van der Waals surface area contributed by atoms with Gasteiger partial charge in [-0.1, -0.05) is 0 Å². The molecular formula is C13H18N4O2. The Balaban J connectivity index is 2.35. The summed E-state index contributed by atoms with van der Waals surface area (Å²) in [4.78, 5) is 27.2. The van der Waals surface area contributed by atoms with Crippen molar-refractivity contribution in [3.63, 3.8) is 0 Å². The normalized spacial score (nSPS) is 15.6. The largest absolute Gasteiger partial charge is 0.399 e. The number of rotatable bonds is 2. The first kappa shape index (κ1) is 13.2. The second-order valence-corrected chi connectivity index (χ2v) is 4.59. The third-order valence-electron chi connectivity index (χ3n) is 3.29. The summed E-state index contributed by atoms with van der Waals surface area (Å²) in [5.74, 6) is -0.141. The number of nitrogen functional groups attached to an aromatic ring is 1. The molecule has 1 saturated heterocycles. The van der Waals surface area contributed by atoms with E-state index in [1.54, 1.807) is 37.2 Å². The van der Waals surface area contributed by atoms with Gasteiger partial charge >= 0.3 is 0 Å². The van der Waals surface area contributed by atoms with Crippen molar-refractivity contribution in [1.29, 1.82) is 0 Å². The van der Waals surface area contributed by atoms with Crippen LogP contribution in [0.2, 0.25) is 0 Å². The minimum Gasteiger partial charge on any atom is -0.399 e. The summed E-state index contributed by atoms with van der Waals surface area (Å²) in [6.45, 7) is 1.60. The van der Waals surface area contributed by atoms with E-state index in [4.69, 9.17) is 5.73 Å². The molecule has 1 fully saturated rings. The molecule has 6 nitrogen and oxygen atoms in total. The molecule has 0 unspecified atom stereocenters. The second kappa shape index (κ2) is 5.17. The van der Waals surface area contributed by atoms with Gasteiger partial charge in [0.2, 0.25) is 5.91 Å². The number of nitrogens with zero attached hydrogens (tertiary/aromatic N) is 2. The van der Waals surface area contributed by atoms with Gasteiger partial charge in [0.25, 0.3) is 5.91 Å². The van der Waals surface area contributed by atoms with Gasteiger partial charge in [-0.3, -0.25) is 9.59 Å². The number of piperazine rings is 1. The Morgan fingerprint density at radius 1 is 1.37 bits per heavy atom. The van der Waals surface area contributed by atoms with Crippen molar-refractivity contribution in [2.75, 3.05) is 44.4 Å². The average Bonchev–Trinajstić information content (AvgIpc) is 2.41. The Labute approximate surface area is 112 Å². The van der Waals surface area contributed by atoms with Crippen LogP contribution in [-0.2, 0) is 4.79 Å². The molecule has 0 aliphatic carbocycles. The smallest absolute Gasteiger partial charge is 0.253 e. The van der Waals surface area contributed by atoms with Gasteiger partial charge in [0.1, 0.15) is 0 Å². The van der Waals surface area contributed by atoms with E-state index in [1.807, 2.05) is 4.90 Å². The van der Waals surface area contributed by atoms with Crippen LogP contribution >= 0.6 is 0 Å². The lowest BCUT2D eigenvalue weighted by molar-refractivity contribution is -0.129. The van der Waals surface area contributed by atoms with Gasteiger partial charge in [0, 0.05) is 32.9 Å². The molecule has 1 aromatic rings. The Morgan fingerprint density at radius 3 is 2.74 bits per heavy atom. The first-order chi connectivity index (χ1) is 9.02. The summed E-state index contributed by atoms with van der Waals surface area (Å²) in [5, 5.41) is 2.60. The molecule has 2 amide bonds. The lowest BCUT2D eigenvalue weighted by Gasteiger charge is -2.34. The van der Waals surface area contributed by atoms with Crippen molar-refractivity contribution in [3.05, 3.63) is 23.8 Å². The molecule has 0 spiro atoms. The fourth-order valence-corrected chi connectivity index (χ4v) is 2.10. The topological polar surface area (TPSA) is 78.7 Å². The van der Waals surface area contributed by atoms with Crippen LogP contribution in [0, 0.1) is 0 Å². The van der Waals surface area contributed by atoms with E-state index in [0.717, 1.165) is 0 Å². The molecule has 1 heterocycles.